The third-order valence-corrected chi connectivity index (χ3v) is 4.08. The van der Waals surface area contributed by atoms with Crippen molar-refractivity contribution < 1.29 is 32.0 Å². The number of hydrogen-bond donors (Lipinski definition) is 0. The summed E-state index contributed by atoms with van der Waals surface area (Å²) >= 11 is 0. The van der Waals surface area contributed by atoms with Crippen molar-refractivity contribution in [2.24, 2.45) is 0 Å². The van der Waals surface area contributed by atoms with Crippen LogP contribution in [0.15, 0.2) is 28.8 Å². The molecule has 28 heavy (non-hydrogen) atoms. The zero-order chi connectivity index (χ0) is 20.9. The zero-order valence-corrected chi connectivity index (χ0v) is 15.6. The molecule has 0 fully saturated rings. The smallest absolute Gasteiger partial charge is 0.456 e. The Balaban J connectivity index is 2.13. The SMILES string of the molecule is CCC(C)N(Cc1ccc(-c2noc(C(F)(F)F)n2)cc1)C(=O)COC(C)=O. The summed E-state index contributed by atoms with van der Waals surface area (Å²) in [6.45, 7) is 4.93. The van der Waals surface area contributed by atoms with Crippen molar-refractivity contribution in [3.63, 3.8) is 0 Å². The second-order valence-electron chi connectivity index (χ2n) is 6.18. The first-order valence-electron chi connectivity index (χ1n) is 8.54. The fourth-order valence-electron chi connectivity index (χ4n) is 2.37. The number of hydrogen-bond acceptors (Lipinski definition) is 6. The Morgan fingerprint density at radius 2 is 1.89 bits per heavy atom. The lowest BCUT2D eigenvalue weighted by Gasteiger charge is -2.28. The molecule has 1 atom stereocenters. The molecule has 0 aliphatic rings. The van der Waals surface area contributed by atoms with Crippen molar-refractivity contribution >= 4 is 11.9 Å². The Bertz CT molecular complexity index is 818. The average molecular weight is 399 g/mol. The Morgan fingerprint density at radius 3 is 2.39 bits per heavy atom. The molecule has 0 spiro atoms. The van der Waals surface area contributed by atoms with Gasteiger partial charge in [-0.1, -0.05) is 36.3 Å². The molecule has 0 radical (unpaired) electrons. The second-order valence-corrected chi connectivity index (χ2v) is 6.18. The lowest BCUT2D eigenvalue weighted by molar-refractivity contribution is -0.159. The molecule has 0 aliphatic heterocycles. The highest BCUT2D eigenvalue weighted by Crippen LogP contribution is 2.29. The van der Waals surface area contributed by atoms with E-state index >= 15 is 0 Å². The summed E-state index contributed by atoms with van der Waals surface area (Å²) in [5.74, 6) is -2.46. The lowest BCUT2D eigenvalue weighted by Crippen LogP contribution is -2.40. The minimum Gasteiger partial charge on any atom is -0.456 e. The first kappa shape index (κ1) is 21.4. The fourth-order valence-corrected chi connectivity index (χ4v) is 2.37. The molecule has 1 unspecified atom stereocenters. The van der Waals surface area contributed by atoms with Crippen LogP contribution in [-0.2, 0) is 27.0 Å². The molecule has 7 nitrogen and oxygen atoms in total. The van der Waals surface area contributed by atoms with E-state index in [4.69, 9.17) is 4.74 Å². The molecular formula is C18H20F3N3O4. The van der Waals surface area contributed by atoms with Gasteiger partial charge < -0.3 is 14.2 Å². The third-order valence-electron chi connectivity index (χ3n) is 4.08. The summed E-state index contributed by atoms with van der Waals surface area (Å²) in [4.78, 5) is 28.2. The van der Waals surface area contributed by atoms with Gasteiger partial charge in [-0.05, 0) is 18.9 Å². The van der Waals surface area contributed by atoms with Gasteiger partial charge in [0, 0.05) is 25.1 Å². The molecule has 10 heteroatoms. The van der Waals surface area contributed by atoms with E-state index in [1.165, 1.54) is 6.92 Å². The fraction of sp³-hybridized carbons (Fsp3) is 0.444. The second kappa shape index (κ2) is 8.85. The van der Waals surface area contributed by atoms with Crippen LogP contribution in [0.5, 0.6) is 0 Å². The normalized spacial score (nSPS) is 12.5. The molecule has 2 rings (SSSR count). The number of halogens is 3. The number of nitrogens with zero attached hydrogens (tertiary/aromatic N) is 3. The van der Waals surface area contributed by atoms with Gasteiger partial charge in [0.25, 0.3) is 5.91 Å². The Hall–Kier alpha value is -2.91. The van der Waals surface area contributed by atoms with Crippen molar-refractivity contribution in [2.45, 2.75) is 46.0 Å². The molecule has 0 bridgehead atoms. The van der Waals surface area contributed by atoms with Crippen LogP contribution in [0, 0.1) is 0 Å². The van der Waals surface area contributed by atoms with Crippen LogP contribution < -0.4 is 0 Å². The largest absolute Gasteiger partial charge is 0.471 e. The summed E-state index contributed by atoms with van der Waals surface area (Å²) in [6.07, 6.45) is -4.00. The topological polar surface area (TPSA) is 85.5 Å². The minimum absolute atomic E-state index is 0.0886. The van der Waals surface area contributed by atoms with Crippen molar-refractivity contribution in [3.05, 3.63) is 35.7 Å². The minimum atomic E-state index is -4.70. The van der Waals surface area contributed by atoms with Gasteiger partial charge in [0.1, 0.15) is 0 Å². The van der Waals surface area contributed by atoms with Crippen LogP contribution in [0.2, 0.25) is 0 Å². The number of amides is 1. The van der Waals surface area contributed by atoms with Crippen LogP contribution in [-0.4, -0.2) is 39.6 Å². The molecule has 0 N–H and O–H groups in total. The first-order chi connectivity index (χ1) is 13.1. The number of aromatic nitrogens is 2. The van der Waals surface area contributed by atoms with E-state index in [1.54, 1.807) is 29.2 Å². The predicted octanol–water partition coefficient (Wildman–Crippen LogP) is 3.45. The van der Waals surface area contributed by atoms with Crippen molar-refractivity contribution in [1.29, 1.82) is 0 Å². The number of esters is 1. The summed E-state index contributed by atoms with van der Waals surface area (Å²) in [5, 5.41) is 3.33. The lowest BCUT2D eigenvalue weighted by atomic mass is 10.1. The van der Waals surface area contributed by atoms with Gasteiger partial charge in [0.2, 0.25) is 5.82 Å². The van der Waals surface area contributed by atoms with Crippen LogP contribution in [0.25, 0.3) is 11.4 Å². The van der Waals surface area contributed by atoms with Gasteiger partial charge in [-0.25, -0.2) is 0 Å². The summed E-state index contributed by atoms with van der Waals surface area (Å²) in [6, 6.07) is 6.33. The molecule has 0 aliphatic carbocycles. The first-order valence-corrected chi connectivity index (χ1v) is 8.54. The molecule has 0 saturated carbocycles. The molecule has 2 aromatic rings. The van der Waals surface area contributed by atoms with E-state index in [2.05, 4.69) is 14.7 Å². The van der Waals surface area contributed by atoms with Gasteiger partial charge in [0.05, 0.1) is 0 Å². The monoisotopic (exact) mass is 399 g/mol. The summed E-state index contributed by atoms with van der Waals surface area (Å²) in [5.41, 5.74) is 1.10. The van der Waals surface area contributed by atoms with E-state index in [0.717, 1.165) is 5.56 Å². The van der Waals surface area contributed by atoms with E-state index in [9.17, 15) is 22.8 Å². The average Bonchev–Trinajstić information content (AvgIpc) is 3.14. The van der Waals surface area contributed by atoms with Crippen LogP contribution in [0.3, 0.4) is 0 Å². The van der Waals surface area contributed by atoms with Crippen LogP contribution in [0.1, 0.15) is 38.6 Å². The molecule has 0 saturated heterocycles. The maximum atomic E-state index is 12.6. The van der Waals surface area contributed by atoms with Gasteiger partial charge in [0.15, 0.2) is 6.61 Å². The standard InChI is InChI=1S/C18H20F3N3O4/c1-4-11(2)24(15(26)10-27-12(3)25)9-13-5-7-14(8-6-13)16-22-17(28-23-16)18(19,20)21/h5-8,11H,4,9-10H2,1-3H3. The summed E-state index contributed by atoms with van der Waals surface area (Å²) in [7, 11) is 0. The van der Waals surface area contributed by atoms with E-state index in [1.807, 2.05) is 13.8 Å². The Kier molecular flexibility index (Phi) is 6.76. The molecule has 1 aromatic carbocycles. The zero-order valence-electron chi connectivity index (χ0n) is 15.6. The number of carbonyl (C=O) groups is 2. The Morgan fingerprint density at radius 1 is 1.25 bits per heavy atom. The highest BCUT2D eigenvalue weighted by molar-refractivity contribution is 5.80. The van der Waals surface area contributed by atoms with Crippen LogP contribution >= 0.6 is 0 Å². The quantitative estimate of drug-likeness (QED) is 0.663. The maximum Gasteiger partial charge on any atom is 0.471 e. The molecular weight excluding hydrogens is 379 g/mol. The molecule has 152 valence electrons. The number of rotatable bonds is 7. The predicted molar refractivity (Wildman–Crippen MR) is 91.7 cm³/mol. The van der Waals surface area contributed by atoms with Gasteiger partial charge in [-0.3, -0.25) is 9.59 Å². The summed E-state index contributed by atoms with van der Waals surface area (Å²) < 4.78 is 46.7. The highest BCUT2D eigenvalue weighted by Gasteiger charge is 2.38. The van der Waals surface area contributed by atoms with E-state index in [-0.39, 0.29) is 30.9 Å². The van der Waals surface area contributed by atoms with Gasteiger partial charge >= 0.3 is 18.0 Å². The molecule has 1 amide bonds. The number of alkyl halides is 3. The third kappa shape index (κ3) is 5.54. The maximum absolute atomic E-state index is 12.6. The Labute approximate surface area is 159 Å². The molecule has 1 aromatic heterocycles. The van der Waals surface area contributed by atoms with E-state index < -0.39 is 18.0 Å². The molecule has 1 heterocycles. The van der Waals surface area contributed by atoms with Crippen LogP contribution in [0.4, 0.5) is 13.2 Å². The number of ether oxygens (including phenoxy) is 1. The van der Waals surface area contributed by atoms with Crippen molar-refractivity contribution in [3.8, 4) is 11.4 Å². The van der Waals surface area contributed by atoms with E-state index in [0.29, 0.717) is 12.0 Å². The number of benzene rings is 1. The van der Waals surface area contributed by atoms with Gasteiger partial charge in [-0.15, -0.1) is 0 Å². The van der Waals surface area contributed by atoms with Gasteiger partial charge in [-0.2, -0.15) is 18.2 Å². The number of carbonyl (C=O) groups excluding carboxylic acids is 2. The van der Waals surface area contributed by atoms with Crippen molar-refractivity contribution in [1.82, 2.24) is 15.0 Å². The van der Waals surface area contributed by atoms with Crippen molar-refractivity contribution in [2.75, 3.05) is 6.61 Å². The highest BCUT2D eigenvalue weighted by atomic mass is 19.4.